The van der Waals surface area contributed by atoms with E-state index in [4.69, 9.17) is 0 Å². The molecule has 28 heavy (non-hydrogen) atoms. The van der Waals surface area contributed by atoms with Crippen molar-refractivity contribution in [3.05, 3.63) is 115 Å². The molecule has 142 valence electrons. The highest BCUT2D eigenvalue weighted by Crippen LogP contribution is 2.18. The smallest absolute Gasteiger partial charge is 0.117 e. The number of nitrogens with zero attached hydrogens (tertiary/aromatic N) is 1. The Morgan fingerprint density at radius 3 is 2.11 bits per heavy atom. The molecule has 0 aromatic heterocycles. The fourth-order valence-corrected chi connectivity index (χ4v) is 2.70. The molecule has 1 N–H and O–H groups in total. The molecule has 0 saturated carbocycles. The Balaban J connectivity index is 2.07. The van der Waals surface area contributed by atoms with Gasteiger partial charge in [0.1, 0.15) is 6.17 Å². The second-order valence-corrected chi connectivity index (χ2v) is 6.41. The molecule has 0 amide bonds. The predicted molar refractivity (Wildman–Crippen MR) is 121 cm³/mol. The molecular weight excluding hydrogens is 340 g/mol. The Morgan fingerprint density at radius 1 is 1.04 bits per heavy atom. The Kier molecular flexibility index (Phi) is 7.93. The van der Waals surface area contributed by atoms with Crippen LogP contribution in [-0.2, 0) is 6.42 Å². The van der Waals surface area contributed by atoms with Gasteiger partial charge in [-0.2, -0.15) is 0 Å². The third kappa shape index (κ3) is 5.79. The first-order valence-corrected chi connectivity index (χ1v) is 9.32. The summed E-state index contributed by atoms with van der Waals surface area (Å²) in [6, 6.07) is 16.5. The largest absolute Gasteiger partial charge is 0.369 e. The molecule has 1 unspecified atom stereocenters. The lowest BCUT2D eigenvalue weighted by molar-refractivity contribution is 0.376. The lowest BCUT2D eigenvalue weighted by atomic mass is 10.1. The number of hydrogen-bond acceptors (Lipinski definition) is 2. The van der Waals surface area contributed by atoms with Crippen molar-refractivity contribution in [2.45, 2.75) is 19.5 Å². The highest BCUT2D eigenvalue weighted by Gasteiger charge is 2.12. The van der Waals surface area contributed by atoms with Crippen LogP contribution in [0.5, 0.6) is 0 Å². The maximum atomic E-state index is 4.19. The van der Waals surface area contributed by atoms with Crippen molar-refractivity contribution < 1.29 is 0 Å². The van der Waals surface area contributed by atoms with E-state index in [1.807, 2.05) is 49.2 Å². The van der Waals surface area contributed by atoms with E-state index in [0.717, 1.165) is 28.8 Å². The highest BCUT2D eigenvalue weighted by atomic mass is 15.2. The molecule has 2 rings (SSSR count). The van der Waals surface area contributed by atoms with E-state index in [9.17, 15) is 0 Å². The molecule has 0 aliphatic heterocycles. The van der Waals surface area contributed by atoms with Crippen LogP contribution in [0.3, 0.4) is 0 Å². The van der Waals surface area contributed by atoms with Crippen molar-refractivity contribution in [2.24, 2.45) is 0 Å². The van der Waals surface area contributed by atoms with Crippen LogP contribution in [0.15, 0.2) is 92.7 Å². The Bertz CT molecular complexity index is 890. The number of benzene rings is 2. The Labute approximate surface area is 169 Å². The molecule has 0 spiro atoms. The minimum Gasteiger partial charge on any atom is -0.369 e. The molecule has 0 aliphatic carbocycles. The third-order valence-electron chi connectivity index (χ3n) is 4.47. The molecule has 0 fully saturated rings. The van der Waals surface area contributed by atoms with Crippen LogP contribution in [0.4, 0.5) is 0 Å². The van der Waals surface area contributed by atoms with Gasteiger partial charge in [0.15, 0.2) is 0 Å². The van der Waals surface area contributed by atoms with Crippen molar-refractivity contribution in [1.29, 1.82) is 0 Å². The van der Waals surface area contributed by atoms with Crippen molar-refractivity contribution in [1.82, 2.24) is 10.2 Å². The van der Waals surface area contributed by atoms with Crippen LogP contribution < -0.4 is 5.32 Å². The van der Waals surface area contributed by atoms with Crippen LogP contribution in [0, 0.1) is 11.8 Å². The summed E-state index contributed by atoms with van der Waals surface area (Å²) in [6.45, 7) is 13.8. The first kappa shape index (κ1) is 20.9. The maximum absolute atomic E-state index is 4.19. The Morgan fingerprint density at radius 2 is 1.61 bits per heavy atom. The summed E-state index contributed by atoms with van der Waals surface area (Å²) in [4.78, 5) is 2.02. The number of rotatable bonds is 8. The molecule has 0 heterocycles. The van der Waals surface area contributed by atoms with Crippen LogP contribution >= 0.6 is 0 Å². The van der Waals surface area contributed by atoms with E-state index >= 15 is 0 Å². The molecule has 2 aromatic carbocycles. The van der Waals surface area contributed by atoms with Gasteiger partial charge < -0.3 is 10.2 Å². The summed E-state index contributed by atoms with van der Waals surface area (Å²) >= 11 is 0. The van der Waals surface area contributed by atoms with Gasteiger partial charge in [-0.15, -0.1) is 0 Å². The topological polar surface area (TPSA) is 15.3 Å². The van der Waals surface area contributed by atoms with Gasteiger partial charge in [-0.25, -0.2) is 0 Å². The molecule has 0 radical (unpaired) electrons. The zero-order valence-corrected chi connectivity index (χ0v) is 16.8. The first-order chi connectivity index (χ1) is 13.6. The van der Waals surface area contributed by atoms with Gasteiger partial charge in [0, 0.05) is 23.9 Å². The summed E-state index contributed by atoms with van der Waals surface area (Å²) in [5.74, 6) is 6.45. The summed E-state index contributed by atoms with van der Waals surface area (Å²) in [6.07, 6.45) is 8.59. The minimum atomic E-state index is -0.0553. The number of nitrogens with one attached hydrogen (secondary N) is 1. The van der Waals surface area contributed by atoms with E-state index in [1.54, 1.807) is 6.20 Å². The maximum Gasteiger partial charge on any atom is 0.117 e. The van der Waals surface area contributed by atoms with Crippen LogP contribution in [0.2, 0.25) is 0 Å². The monoisotopic (exact) mass is 368 g/mol. The molecule has 2 aromatic rings. The summed E-state index contributed by atoms with van der Waals surface area (Å²) < 4.78 is 0. The average Bonchev–Trinajstić information content (AvgIpc) is 2.74. The molecule has 2 heteroatoms. The second-order valence-electron chi connectivity index (χ2n) is 6.41. The fourth-order valence-electron chi connectivity index (χ4n) is 2.70. The van der Waals surface area contributed by atoms with Gasteiger partial charge in [0.2, 0.25) is 0 Å². The van der Waals surface area contributed by atoms with E-state index in [0.29, 0.717) is 0 Å². The van der Waals surface area contributed by atoms with Gasteiger partial charge in [0.05, 0.1) is 0 Å². The van der Waals surface area contributed by atoms with Crippen LogP contribution in [-0.4, -0.2) is 18.1 Å². The second kappa shape index (κ2) is 10.6. The molecule has 1 atom stereocenters. The van der Waals surface area contributed by atoms with Crippen LogP contribution in [0.25, 0.3) is 5.70 Å². The molecule has 0 aliphatic rings. The zero-order valence-electron chi connectivity index (χ0n) is 16.8. The first-order valence-electron chi connectivity index (χ1n) is 9.32. The quantitative estimate of drug-likeness (QED) is 0.384. The molecular formula is C26H28N2. The van der Waals surface area contributed by atoms with Gasteiger partial charge in [-0.1, -0.05) is 68.0 Å². The molecule has 0 saturated heterocycles. The summed E-state index contributed by atoms with van der Waals surface area (Å²) in [5.41, 5.74) is 5.22. The van der Waals surface area contributed by atoms with E-state index in [-0.39, 0.29) is 6.17 Å². The molecule has 2 nitrogen and oxygen atoms in total. The highest BCUT2D eigenvalue weighted by molar-refractivity contribution is 5.63. The van der Waals surface area contributed by atoms with Crippen molar-refractivity contribution in [2.75, 3.05) is 7.05 Å². The summed E-state index contributed by atoms with van der Waals surface area (Å²) in [5, 5.41) is 3.13. The fraction of sp³-hybridized carbons (Fsp3) is 0.154. The lowest BCUT2D eigenvalue weighted by Crippen LogP contribution is -2.37. The SMILES string of the molecule is C=CNC(C=C)N(C)C(=C)c1ccc(C#Cc2ccc(C/C=C/C)cc2)cc1. The van der Waals surface area contributed by atoms with Gasteiger partial charge in [-0.3, -0.25) is 0 Å². The van der Waals surface area contributed by atoms with Gasteiger partial charge in [0.25, 0.3) is 0 Å². The standard InChI is InChI=1S/C26H28N2/c1-6-9-10-22-11-13-23(14-12-22)15-16-24-17-19-25(20-18-24)21(4)28(5)26(7-2)27-8-3/h6-9,11-14,17-20,26-27H,2-4,10H2,1,5H3/b9-6+. The predicted octanol–water partition coefficient (Wildman–Crippen LogP) is 5.35. The number of hydrogen-bond donors (Lipinski definition) is 1. The van der Waals surface area contributed by atoms with Crippen LogP contribution in [0.1, 0.15) is 29.2 Å². The van der Waals surface area contributed by atoms with Crippen molar-refractivity contribution >= 4 is 5.70 Å². The number of likely N-dealkylation sites (N-methyl/N-ethyl adjacent to an activating group) is 1. The summed E-state index contributed by atoms with van der Waals surface area (Å²) in [7, 11) is 1.97. The number of allylic oxidation sites excluding steroid dienone is 2. The lowest BCUT2D eigenvalue weighted by Gasteiger charge is -2.29. The Hall–Kier alpha value is -3.44. The van der Waals surface area contributed by atoms with E-state index < -0.39 is 0 Å². The van der Waals surface area contributed by atoms with E-state index in [2.05, 4.69) is 73.3 Å². The molecule has 0 bridgehead atoms. The average molecular weight is 369 g/mol. The van der Waals surface area contributed by atoms with Gasteiger partial charge >= 0.3 is 0 Å². The third-order valence-corrected chi connectivity index (χ3v) is 4.47. The minimum absolute atomic E-state index is 0.0553. The van der Waals surface area contributed by atoms with E-state index in [1.165, 1.54) is 5.56 Å². The zero-order chi connectivity index (χ0) is 20.4. The van der Waals surface area contributed by atoms with Crippen molar-refractivity contribution in [3.8, 4) is 11.8 Å². The van der Waals surface area contributed by atoms with Gasteiger partial charge in [-0.05, 0) is 61.0 Å². The normalized spacial score (nSPS) is 11.2. The van der Waals surface area contributed by atoms with Crippen molar-refractivity contribution in [3.63, 3.8) is 0 Å².